The van der Waals surface area contributed by atoms with Crippen LogP contribution in [0.3, 0.4) is 0 Å². The highest BCUT2D eigenvalue weighted by atomic mass is 19.4. The fourth-order valence-electron chi connectivity index (χ4n) is 1.60. The molecule has 6 heteroatoms. The Balaban J connectivity index is 2.32. The molecule has 1 atom stereocenters. The van der Waals surface area contributed by atoms with Crippen LogP contribution < -0.4 is 4.74 Å². The first-order valence-electron chi connectivity index (χ1n) is 5.65. The number of rotatable bonds is 3. The summed E-state index contributed by atoms with van der Waals surface area (Å²) in [6.45, 7) is 0. The molecule has 0 aliphatic rings. The highest BCUT2D eigenvalue weighted by Crippen LogP contribution is 2.35. The van der Waals surface area contributed by atoms with Crippen molar-refractivity contribution in [2.24, 2.45) is 0 Å². The molecule has 0 N–H and O–H groups in total. The minimum absolute atomic E-state index is 0.0305. The summed E-state index contributed by atoms with van der Waals surface area (Å²) in [5.74, 6) is -0.0305. The Morgan fingerprint density at radius 2 is 1.95 bits per heavy atom. The standard InChI is InChI=1S/C14H9F3N2O/c15-14(16,17)13(12-6-1-2-7-19-12)20-11-5-3-4-10(8-11)9-18/h1-8,13H. The fourth-order valence-corrected chi connectivity index (χ4v) is 1.60. The van der Waals surface area contributed by atoms with Crippen molar-refractivity contribution in [2.45, 2.75) is 12.3 Å². The SMILES string of the molecule is N#Cc1cccc(OC(c2ccccn2)C(F)(F)F)c1. The Morgan fingerprint density at radius 3 is 2.55 bits per heavy atom. The molecule has 1 aromatic carbocycles. The van der Waals surface area contributed by atoms with Gasteiger partial charge in [-0.2, -0.15) is 18.4 Å². The van der Waals surface area contributed by atoms with E-state index in [1.807, 2.05) is 6.07 Å². The topological polar surface area (TPSA) is 45.9 Å². The summed E-state index contributed by atoms with van der Waals surface area (Å²) in [5, 5.41) is 8.73. The molecule has 0 aliphatic heterocycles. The fraction of sp³-hybridized carbons (Fsp3) is 0.143. The lowest BCUT2D eigenvalue weighted by molar-refractivity contribution is -0.199. The Labute approximate surface area is 113 Å². The Bertz CT molecular complexity index is 620. The summed E-state index contributed by atoms with van der Waals surface area (Å²) in [7, 11) is 0. The Morgan fingerprint density at radius 1 is 1.15 bits per heavy atom. The van der Waals surface area contributed by atoms with E-state index in [1.165, 1.54) is 48.7 Å². The van der Waals surface area contributed by atoms with Crippen molar-refractivity contribution >= 4 is 0 Å². The molecule has 0 saturated carbocycles. The normalized spacial score (nSPS) is 12.5. The van der Waals surface area contributed by atoms with Crippen LogP contribution in [-0.2, 0) is 0 Å². The van der Waals surface area contributed by atoms with Gasteiger partial charge in [-0.05, 0) is 30.3 Å². The third-order valence-electron chi connectivity index (χ3n) is 2.47. The van der Waals surface area contributed by atoms with Crippen molar-refractivity contribution in [3.05, 3.63) is 59.9 Å². The number of halogens is 3. The molecule has 0 bridgehead atoms. The number of benzene rings is 1. The lowest BCUT2D eigenvalue weighted by Crippen LogP contribution is -2.26. The number of ether oxygens (including phenoxy) is 1. The number of alkyl halides is 3. The van der Waals surface area contributed by atoms with Crippen molar-refractivity contribution in [1.29, 1.82) is 5.26 Å². The van der Waals surface area contributed by atoms with Gasteiger partial charge >= 0.3 is 6.18 Å². The second kappa shape index (κ2) is 5.61. The van der Waals surface area contributed by atoms with Gasteiger partial charge in [0.1, 0.15) is 5.75 Å². The van der Waals surface area contributed by atoms with Crippen LogP contribution in [0, 0.1) is 11.3 Å². The molecule has 0 fully saturated rings. The molecule has 102 valence electrons. The van der Waals surface area contributed by atoms with Crippen LogP contribution in [0.25, 0.3) is 0 Å². The minimum Gasteiger partial charge on any atom is -0.474 e. The van der Waals surface area contributed by atoms with Gasteiger partial charge in [-0.1, -0.05) is 12.1 Å². The average molecular weight is 278 g/mol. The maximum atomic E-state index is 13.0. The lowest BCUT2D eigenvalue weighted by Gasteiger charge is -2.21. The van der Waals surface area contributed by atoms with E-state index in [2.05, 4.69) is 4.98 Å². The third-order valence-corrected chi connectivity index (χ3v) is 2.47. The largest absolute Gasteiger partial charge is 0.474 e. The molecule has 0 radical (unpaired) electrons. The first-order chi connectivity index (χ1) is 9.50. The first-order valence-corrected chi connectivity index (χ1v) is 5.65. The Hall–Kier alpha value is -2.55. The summed E-state index contributed by atoms with van der Waals surface area (Å²) < 4.78 is 44.1. The molecule has 0 spiro atoms. The van der Waals surface area contributed by atoms with Gasteiger partial charge in [0.05, 0.1) is 17.3 Å². The van der Waals surface area contributed by atoms with Crippen LogP contribution in [0.2, 0.25) is 0 Å². The van der Waals surface area contributed by atoms with Gasteiger partial charge in [0, 0.05) is 6.20 Å². The second-order valence-electron chi connectivity index (χ2n) is 3.93. The smallest absolute Gasteiger partial charge is 0.431 e. The minimum atomic E-state index is -4.60. The molecule has 1 unspecified atom stereocenters. The molecule has 1 aromatic heterocycles. The third kappa shape index (κ3) is 3.26. The van der Waals surface area contributed by atoms with Crippen molar-refractivity contribution in [3.8, 4) is 11.8 Å². The maximum Gasteiger partial charge on any atom is 0.431 e. The van der Waals surface area contributed by atoms with Crippen LogP contribution >= 0.6 is 0 Å². The van der Waals surface area contributed by atoms with E-state index in [0.29, 0.717) is 0 Å². The highest BCUT2D eigenvalue weighted by molar-refractivity contribution is 5.36. The van der Waals surface area contributed by atoms with Crippen molar-refractivity contribution < 1.29 is 17.9 Å². The summed E-state index contributed by atoms with van der Waals surface area (Å²) in [5.41, 5.74) is -0.00759. The van der Waals surface area contributed by atoms with E-state index in [0.717, 1.165) is 0 Å². The van der Waals surface area contributed by atoms with E-state index in [1.54, 1.807) is 0 Å². The summed E-state index contributed by atoms with van der Waals surface area (Å²) >= 11 is 0. The molecule has 2 rings (SSSR count). The number of nitriles is 1. The Kier molecular flexibility index (Phi) is 3.89. The average Bonchev–Trinajstić information content (AvgIpc) is 2.45. The predicted molar refractivity (Wildman–Crippen MR) is 64.8 cm³/mol. The van der Waals surface area contributed by atoms with Crippen LogP contribution in [0.1, 0.15) is 17.4 Å². The molecule has 20 heavy (non-hydrogen) atoms. The van der Waals surface area contributed by atoms with Crippen molar-refractivity contribution in [2.75, 3.05) is 0 Å². The molecule has 2 aromatic rings. The molecule has 0 aliphatic carbocycles. The highest BCUT2D eigenvalue weighted by Gasteiger charge is 2.44. The van der Waals surface area contributed by atoms with Crippen LogP contribution in [0.4, 0.5) is 13.2 Å². The van der Waals surface area contributed by atoms with E-state index in [4.69, 9.17) is 10.00 Å². The maximum absolute atomic E-state index is 13.0. The molecule has 3 nitrogen and oxygen atoms in total. The van der Waals surface area contributed by atoms with E-state index in [9.17, 15) is 13.2 Å². The zero-order chi connectivity index (χ0) is 14.6. The zero-order valence-electron chi connectivity index (χ0n) is 10.1. The summed E-state index contributed by atoms with van der Waals surface area (Å²) in [4.78, 5) is 3.67. The van der Waals surface area contributed by atoms with E-state index < -0.39 is 12.3 Å². The molecule has 1 heterocycles. The number of hydrogen-bond donors (Lipinski definition) is 0. The van der Waals surface area contributed by atoms with Gasteiger partial charge in [-0.25, -0.2) is 0 Å². The molecular formula is C14H9F3N2O. The predicted octanol–water partition coefficient (Wildman–Crippen LogP) is 3.64. The zero-order valence-corrected chi connectivity index (χ0v) is 10.1. The van der Waals surface area contributed by atoms with Crippen molar-refractivity contribution in [3.63, 3.8) is 0 Å². The van der Waals surface area contributed by atoms with Gasteiger partial charge in [-0.15, -0.1) is 0 Å². The van der Waals surface area contributed by atoms with Crippen LogP contribution in [0.5, 0.6) is 5.75 Å². The van der Waals surface area contributed by atoms with Gasteiger partial charge in [-0.3, -0.25) is 4.98 Å². The number of nitrogens with zero attached hydrogens (tertiary/aromatic N) is 2. The monoisotopic (exact) mass is 278 g/mol. The number of hydrogen-bond acceptors (Lipinski definition) is 3. The van der Waals surface area contributed by atoms with E-state index in [-0.39, 0.29) is 17.0 Å². The second-order valence-corrected chi connectivity index (χ2v) is 3.93. The van der Waals surface area contributed by atoms with Gasteiger partial charge < -0.3 is 4.74 Å². The molecule has 0 amide bonds. The first kappa shape index (κ1) is 13.9. The van der Waals surface area contributed by atoms with Gasteiger partial charge in [0.25, 0.3) is 0 Å². The summed E-state index contributed by atoms with van der Waals surface area (Å²) in [6, 6.07) is 11.6. The lowest BCUT2D eigenvalue weighted by atomic mass is 10.2. The van der Waals surface area contributed by atoms with Crippen LogP contribution in [0.15, 0.2) is 48.7 Å². The van der Waals surface area contributed by atoms with Gasteiger partial charge in [0.15, 0.2) is 0 Å². The molecule has 0 saturated heterocycles. The van der Waals surface area contributed by atoms with E-state index >= 15 is 0 Å². The number of aromatic nitrogens is 1. The van der Waals surface area contributed by atoms with Crippen LogP contribution in [-0.4, -0.2) is 11.2 Å². The quantitative estimate of drug-likeness (QED) is 0.861. The van der Waals surface area contributed by atoms with Gasteiger partial charge in [0.2, 0.25) is 6.10 Å². The number of pyridine rings is 1. The molecular weight excluding hydrogens is 269 g/mol. The summed E-state index contributed by atoms with van der Waals surface area (Å²) in [6.07, 6.45) is -5.50. The van der Waals surface area contributed by atoms with Crippen molar-refractivity contribution in [1.82, 2.24) is 4.98 Å².